The van der Waals surface area contributed by atoms with Gasteiger partial charge in [-0.2, -0.15) is 0 Å². The first-order valence-electron chi connectivity index (χ1n) is 6.12. The van der Waals surface area contributed by atoms with E-state index in [-0.39, 0.29) is 5.76 Å². The Hall–Kier alpha value is -2.34. The molecule has 0 fully saturated rings. The smallest absolute Gasteiger partial charge is 0.290 e. The van der Waals surface area contributed by atoms with Gasteiger partial charge in [-0.05, 0) is 31.2 Å². The van der Waals surface area contributed by atoms with Crippen LogP contribution in [0.3, 0.4) is 0 Å². The number of nitrogens with zero attached hydrogens (tertiary/aromatic N) is 1. The first-order chi connectivity index (χ1) is 9.58. The van der Waals surface area contributed by atoms with Crippen molar-refractivity contribution in [2.45, 2.75) is 13.0 Å². The van der Waals surface area contributed by atoms with Crippen molar-refractivity contribution in [1.82, 2.24) is 10.5 Å². The minimum absolute atomic E-state index is 0.0216. The maximum Gasteiger partial charge on any atom is 0.290 e. The van der Waals surface area contributed by atoms with Crippen LogP contribution in [0, 0.1) is 0 Å². The summed E-state index contributed by atoms with van der Waals surface area (Å²) in [6.45, 7) is 1.56. The fourth-order valence-corrected chi connectivity index (χ4v) is 1.92. The van der Waals surface area contributed by atoms with Gasteiger partial charge in [-0.15, -0.1) is 0 Å². The zero-order chi connectivity index (χ0) is 14.7. The third-order valence-corrected chi connectivity index (χ3v) is 2.94. The number of carbonyl (C=O) groups excluding carboxylic acids is 1. The van der Waals surface area contributed by atoms with Gasteiger partial charge in [0.2, 0.25) is 5.76 Å². The molecule has 0 aliphatic rings. The van der Waals surface area contributed by atoms with Gasteiger partial charge < -0.3 is 19.7 Å². The number of methoxy groups -OCH3 is 1. The molecule has 1 unspecified atom stereocenters. The summed E-state index contributed by atoms with van der Waals surface area (Å²) in [6.07, 6.45) is -0.870. The van der Waals surface area contributed by atoms with Gasteiger partial charge in [-0.3, -0.25) is 4.79 Å². The zero-order valence-electron chi connectivity index (χ0n) is 11.5. The normalized spacial score (nSPS) is 12.0. The Labute approximate surface area is 116 Å². The summed E-state index contributed by atoms with van der Waals surface area (Å²) < 4.78 is 10.2. The first-order valence-corrected chi connectivity index (χ1v) is 6.12. The molecular formula is C14H16N2O4. The number of carbonyl (C=O) groups is 1. The molecular weight excluding hydrogens is 260 g/mol. The summed E-state index contributed by atoms with van der Waals surface area (Å²) in [5.41, 5.74) is 1.55. The van der Waals surface area contributed by atoms with Crippen LogP contribution in [0.25, 0.3) is 11.3 Å². The molecule has 1 aromatic heterocycles. The number of rotatable bonds is 4. The molecule has 0 radical (unpaired) electrons. The van der Waals surface area contributed by atoms with Gasteiger partial charge in [0.1, 0.15) is 11.4 Å². The molecule has 106 valence electrons. The first kappa shape index (κ1) is 14.1. The van der Waals surface area contributed by atoms with Crippen LogP contribution >= 0.6 is 0 Å². The fourth-order valence-electron chi connectivity index (χ4n) is 1.92. The average molecular weight is 276 g/mol. The van der Waals surface area contributed by atoms with E-state index in [2.05, 4.69) is 10.5 Å². The minimum Gasteiger partial charge on any atom is -0.497 e. The molecule has 2 rings (SSSR count). The van der Waals surface area contributed by atoms with Crippen LogP contribution in [0.4, 0.5) is 0 Å². The topological polar surface area (TPSA) is 84.6 Å². The predicted octanol–water partition coefficient (Wildman–Crippen LogP) is 1.76. The number of benzene rings is 1. The molecule has 0 saturated carbocycles. The molecule has 0 spiro atoms. The third kappa shape index (κ3) is 2.50. The Balaban J connectivity index is 2.50. The van der Waals surface area contributed by atoms with Crippen LogP contribution in [-0.2, 0) is 0 Å². The Morgan fingerprint density at radius 2 is 2.05 bits per heavy atom. The van der Waals surface area contributed by atoms with Gasteiger partial charge >= 0.3 is 0 Å². The SMILES string of the molecule is CNC(=O)c1onc(-c2ccc(OC)cc2)c1C(C)O. The molecule has 0 aliphatic carbocycles. The molecule has 20 heavy (non-hydrogen) atoms. The van der Waals surface area contributed by atoms with E-state index < -0.39 is 12.0 Å². The highest BCUT2D eigenvalue weighted by molar-refractivity contribution is 5.94. The number of ether oxygens (including phenoxy) is 1. The molecule has 6 nitrogen and oxygen atoms in total. The van der Waals surface area contributed by atoms with Crippen molar-refractivity contribution in [2.24, 2.45) is 0 Å². The molecule has 1 atom stereocenters. The van der Waals surface area contributed by atoms with E-state index in [4.69, 9.17) is 9.26 Å². The quantitative estimate of drug-likeness (QED) is 0.889. The fraction of sp³-hybridized carbons (Fsp3) is 0.286. The summed E-state index contributed by atoms with van der Waals surface area (Å²) in [4.78, 5) is 11.7. The lowest BCUT2D eigenvalue weighted by molar-refractivity contribution is 0.0918. The second kappa shape index (κ2) is 5.75. The van der Waals surface area contributed by atoms with Gasteiger partial charge in [-0.1, -0.05) is 5.16 Å². The molecule has 1 aromatic carbocycles. The van der Waals surface area contributed by atoms with Crippen molar-refractivity contribution in [3.63, 3.8) is 0 Å². The average Bonchev–Trinajstić information content (AvgIpc) is 2.91. The summed E-state index contributed by atoms with van der Waals surface area (Å²) >= 11 is 0. The number of aliphatic hydroxyl groups excluding tert-OH is 1. The third-order valence-electron chi connectivity index (χ3n) is 2.94. The lowest BCUT2D eigenvalue weighted by atomic mass is 10.0. The molecule has 1 heterocycles. The molecule has 6 heteroatoms. The van der Waals surface area contributed by atoms with Crippen LogP contribution in [0.1, 0.15) is 29.1 Å². The summed E-state index contributed by atoms with van der Waals surface area (Å²) in [5, 5.41) is 16.2. The Bertz CT molecular complexity index is 602. The number of aromatic nitrogens is 1. The van der Waals surface area contributed by atoms with Crippen molar-refractivity contribution >= 4 is 5.91 Å². The molecule has 2 N–H and O–H groups in total. The van der Waals surface area contributed by atoms with Gasteiger partial charge in [-0.25, -0.2) is 0 Å². The summed E-state index contributed by atoms with van der Waals surface area (Å²) in [5.74, 6) is 0.309. The summed E-state index contributed by atoms with van der Waals surface area (Å²) in [7, 11) is 3.07. The Morgan fingerprint density at radius 1 is 1.40 bits per heavy atom. The molecule has 1 amide bonds. The van der Waals surface area contributed by atoms with Crippen LogP contribution in [0.15, 0.2) is 28.8 Å². The standard InChI is InChI=1S/C14H16N2O4/c1-8(17)11-12(16-20-13(11)14(18)15-2)9-4-6-10(19-3)7-5-9/h4-8,17H,1-3H3,(H,15,18). The van der Waals surface area contributed by atoms with Gasteiger partial charge in [0, 0.05) is 12.6 Å². The summed E-state index contributed by atoms with van der Waals surface area (Å²) in [6, 6.07) is 7.12. The molecule has 0 bridgehead atoms. The zero-order valence-corrected chi connectivity index (χ0v) is 11.5. The van der Waals surface area contributed by atoms with Crippen LogP contribution in [0.5, 0.6) is 5.75 Å². The van der Waals surface area contributed by atoms with Crippen LogP contribution < -0.4 is 10.1 Å². The van der Waals surface area contributed by atoms with E-state index in [1.165, 1.54) is 7.05 Å². The molecule has 0 saturated heterocycles. The number of nitrogens with one attached hydrogen (secondary N) is 1. The van der Waals surface area contributed by atoms with E-state index in [1.54, 1.807) is 38.3 Å². The largest absolute Gasteiger partial charge is 0.497 e. The highest BCUT2D eigenvalue weighted by Crippen LogP contribution is 2.31. The van der Waals surface area contributed by atoms with Crippen molar-refractivity contribution in [1.29, 1.82) is 0 Å². The van der Waals surface area contributed by atoms with Crippen LogP contribution in [-0.4, -0.2) is 30.3 Å². The second-order valence-corrected chi connectivity index (χ2v) is 4.26. The number of hydrogen-bond donors (Lipinski definition) is 2. The second-order valence-electron chi connectivity index (χ2n) is 4.26. The molecule has 0 aliphatic heterocycles. The van der Waals surface area contributed by atoms with Crippen molar-refractivity contribution in [3.8, 4) is 17.0 Å². The highest BCUT2D eigenvalue weighted by atomic mass is 16.5. The predicted molar refractivity (Wildman–Crippen MR) is 72.5 cm³/mol. The number of amides is 1. The maximum absolute atomic E-state index is 11.7. The maximum atomic E-state index is 11.7. The van der Waals surface area contributed by atoms with E-state index in [1.807, 2.05) is 0 Å². The Kier molecular flexibility index (Phi) is 4.05. The van der Waals surface area contributed by atoms with E-state index >= 15 is 0 Å². The van der Waals surface area contributed by atoms with Crippen molar-refractivity contribution in [3.05, 3.63) is 35.6 Å². The Morgan fingerprint density at radius 3 is 2.55 bits per heavy atom. The molecule has 2 aromatic rings. The monoisotopic (exact) mass is 276 g/mol. The van der Waals surface area contributed by atoms with E-state index in [0.717, 1.165) is 5.56 Å². The van der Waals surface area contributed by atoms with Gasteiger partial charge in [0.05, 0.1) is 18.8 Å². The number of hydrogen-bond acceptors (Lipinski definition) is 5. The lowest BCUT2D eigenvalue weighted by Gasteiger charge is -2.07. The van der Waals surface area contributed by atoms with Gasteiger partial charge in [0.15, 0.2) is 0 Å². The van der Waals surface area contributed by atoms with Crippen molar-refractivity contribution in [2.75, 3.05) is 14.2 Å². The van der Waals surface area contributed by atoms with Crippen LogP contribution in [0.2, 0.25) is 0 Å². The lowest BCUT2D eigenvalue weighted by Crippen LogP contribution is -2.19. The highest BCUT2D eigenvalue weighted by Gasteiger charge is 2.25. The van der Waals surface area contributed by atoms with E-state index in [9.17, 15) is 9.90 Å². The minimum atomic E-state index is -0.870. The van der Waals surface area contributed by atoms with E-state index in [0.29, 0.717) is 17.0 Å². The van der Waals surface area contributed by atoms with Gasteiger partial charge in [0.25, 0.3) is 5.91 Å². The number of aliphatic hydroxyl groups is 1. The van der Waals surface area contributed by atoms with Crippen molar-refractivity contribution < 1.29 is 19.2 Å².